The first-order valence-corrected chi connectivity index (χ1v) is 7.83. The highest BCUT2D eigenvalue weighted by Crippen LogP contribution is 2.46. The van der Waals surface area contributed by atoms with Crippen LogP contribution < -0.4 is 5.32 Å². The SMILES string of the molecule is CC(C)c1cc2c(NC(C3CC3)C3CC3)nccn2n1. The van der Waals surface area contributed by atoms with Crippen LogP contribution in [0.1, 0.15) is 51.1 Å². The first kappa shape index (κ1) is 12.2. The quantitative estimate of drug-likeness (QED) is 0.904. The lowest BCUT2D eigenvalue weighted by Gasteiger charge is -2.18. The van der Waals surface area contributed by atoms with Gasteiger partial charge in [-0.25, -0.2) is 9.50 Å². The molecule has 0 atom stereocenters. The van der Waals surface area contributed by atoms with Crippen LogP contribution in [0.15, 0.2) is 18.5 Å². The summed E-state index contributed by atoms with van der Waals surface area (Å²) in [6.07, 6.45) is 9.32. The third-order valence-corrected chi connectivity index (χ3v) is 4.56. The van der Waals surface area contributed by atoms with Crippen LogP contribution in [0.4, 0.5) is 5.82 Å². The summed E-state index contributed by atoms with van der Waals surface area (Å²) >= 11 is 0. The van der Waals surface area contributed by atoms with Gasteiger partial charge in [0.2, 0.25) is 0 Å². The van der Waals surface area contributed by atoms with Crippen molar-refractivity contribution < 1.29 is 0 Å². The van der Waals surface area contributed by atoms with Gasteiger partial charge in [-0.2, -0.15) is 5.10 Å². The molecule has 0 bridgehead atoms. The van der Waals surface area contributed by atoms with Gasteiger partial charge in [0.15, 0.2) is 5.82 Å². The summed E-state index contributed by atoms with van der Waals surface area (Å²) in [6.45, 7) is 4.36. The first-order chi connectivity index (χ1) is 9.72. The van der Waals surface area contributed by atoms with Crippen molar-refractivity contribution in [3.63, 3.8) is 0 Å². The van der Waals surface area contributed by atoms with Crippen LogP contribution in [0.2, 0.25) is 0 Å². The lowest BCUT2D eigenvalue weighted by Crippen LogP contribution is -2.25. The van der Waals surface area contributed by atoms with Crippen molar-refractivity contribution in [2.75, 3.05) is 5.32 Å². The number of nitrogens with zero attached hydrogens (tertiary/aromatic N) is 3. The molecule has 2 aromatic heterocycles. The molecule has 2 saturated carbocycles. The maximum atomic E-state index is 4.64. The Labute approximate surface area is 119 Å². The predicted molar refractivity (Wildman–Crippen MR) is 79.9 cm³/mol. The Hall–Kier alpha value is -1.58. The molecule has 2 aliphatic rings. The van der Waals surface area contributed by atoms with Gasteiger partial charge in [-0.1, -0.05) is 13.8 Å². The molecule has 0 radical (unpaired) electrons. The van der Waals surface area contributed by atoms with E-state index in [1.807, 2.05) is 16.9 Å². The molecular formula is C16H22N4. The zero-order chi connectivity index (χ0) is 13.7. The van der Waals surface area contributed by atoms with Gasteiger partial charge in [0, 0.05) is 18.4 Å². The van der Waals surface area contributed by atoms with Gasteiger partial charge >= 0.3 is 0 Å². The summed E-state index contributed by atoms with van der Waals surface area (Å²) in [5, 5.41) is 8.36. The highest BCUT2D eigenvalue weighted by Gasteiger charge is 2.41. The van der Waals surface area contributed by atoms with E-state index in [1.165, 1.54) is 25.7 Å². The highest BCUT2D eigenvalue weighted by atomic mass is 15.2. The summed E-state index contributed by atoms with van der Waals surface area (Å²) in [6, 6.07) is 2.81. The molecule has 0 aliphatic heterocycles. The average Bonchev–Trinajstić information content (AvgIpc) is 3.33. The van der Waals surface area contributed by atoms with Crippen molar-refractivity contribution in [1.82, 2.24) is 14.6 Å². The van der Waals surface area contributed by atoms with E-state index in [-0.39, 0.29) is 0 Å². The maximum Gasteiger partial charge on any atom is 0.152 e. The third kappa shape index (κ3) is 2.17. The third-order valence-electron chi connectivity index (χ3n) is 4.56. The fourth-order valence-corrected chi connectivity index (χ4v) is 3.02. The largest absolute Gasteiger partial charge is 0.365 e. The molecule has 2 fully saturated rings. The van der Waals surface area contributed by atoms with Crippen LogP contribution in [0, 0.1) is 11.8 Å². The minimum Gasteiger partial charge on any atom is -0.365 e. The molecule has 4 heteroatoms. The van der Waals surface area contributed by atoms with E-state index in [4.69, 9.17) is 0 Å². The number of anilines is 1. The van der Waals surface area contributed by atoms with E-state index in [0.717, 1.165) is 28.9 Å². The molecule has 20 heavy (non-hydrogen) atoms. The number of hydrogen-bond acceptors (Lipinski definition) is 3. The van der Waals surface area contributed by atoms with Gasteiger partial charge in [-0.3, -0.25) is 0 Å². The zero-order valence-electron chi connectivity index (χ0n) is 12.2. The molecule has 4 rings (SSSR count). The molecule has 106 valence electrons. The van der Waals surface area contributed by atoms with Crippen molar-refractivity contribution in [2.24, 2.45) is 11.8 Å². The Morgan fingerprint density at radius 3 is 2.50 bits per heavy atom. The maximum absolute atomic E-state index is 4.64. The van der Waals surface area contributed by atoms with Crippen LogP contribution in [0.3, 0.4) is 0 Å². The minimum atomic E-state index is 0.449. The van der Waals surface area contributed by atoms with Gasteiger partial charge in [0.25, 0.3) is 0 Å². The van der Waals surface area contributed by atoms with E-state index in [9.17, 15) is 0 Å². The van der Waals surface area contributed by atoms with Crippen molar-refractivity contribution in [3.05, 3.63) is 24.2 Å². The number of fused-ring (bicyclic) bond motifs is 1. The van der Waals surface area contributed by atoms with Crippen molar-refractivity contribution in [1.29, 1.82) is 0 Å². The van der Waals surface area contributed by atoms with Crippen LogP contribution >= 0.6 is 0 Å². The van der Waals surface area contributed by atoms with Gasteiger partial charge in [0.05, 0.1) is 5.69 Å². The Balaban J connectivity index is 1.67. The summed E-state index contributed by atoms with van der Waals surface area (Å²) in [5.41, 5.74) is 2.25. The highest BCUT2D eigenvalue weighted by molar-refractivity contribution is 5.68. The normalized spacial score (nSPS) is 19.2. The second kappa shape index (κ2) is 4.47. The molecule has 2 aliphatic carbocycles. The summed E-state index contributed by atoms with van der Waals surface area (Å²) < 4.78 is 1.96. The van der Waals surface area contributed by atoms with Crippen LogP contribution in [0.5, 0.6) is 0 Å². The number of hydrogen-bond donors (Lipinski definition) is 1. The fraction of sp³-hybridized carbons (Fsp3) is 0.625. The van der Waals surface area contributed by atoms with Crippen LogP contribution in [0.25, 0.3) is 5.52 Å². The molecule has 0 aromatic carbocycles. The van der Waals surface area contributed by atoms with Crippen LogP contribution in [-0.2, 0) is 0 Å². The molecule has 4 nitrogen and oxygen atoms in total. The standard InChI is InChI=1S/C16H22N4/c1-10(2)13-9-14-16(17-7-8-20(14)19-13)18-15(11-3-4-11)12-5-6-12/h7-12,15H,3-6H2,1-2H3,(H,17,18). The van der Waals surface area contributed by atoms with Crippen molar-refractivity contribution >= 4 is 11.3 Å². The van der Waals surface area contributed by atoms with E-state index >= 15 is 0 Å². The zero-order valence-corrected chi connectivity index (χ0v) is 12.2. The minimum absolute atomic E-state index is 0.449. The van der Waals surface area contributed by atoms with E-state index in [2.05, 4.69) is 35.3 Å². The predicted octanol–water partition coefficient (Wildman–Crippen LogP) is 3.45. The topological polar surface area (TPSA) is 42.2 Å². The van der Waals surface area contributed by atoms with Crippen molar-refractivity contribution in [3.8, 4) is 0 Å². The Morgan fingerprint density at radius 1 is 1.20 bits per heavy atom. The van der Waals surface area contributed by atoms with Crippen molar-refractivity contribution in [2.45, 2.75) is 51.5 Å². The summed E-state index contributed by atoms with van der Waals surface area (Å²) in [5.74, 6) is 3.20. The number of nitrogens with one attached hydrogen (secondary N) is 1. The Bertz CT molecular complexity index is 610. The smallest absolute Gasteiger partial charge is 0.152 e. The van der Waals surface area contributed by atoms with Crippen LogP contribution in [-0.4, -0.2) is 20.6 Å². The molecule has 0 unspecified atom stereocenters. The molecule has 0 amide bonds. The average molecular weight is 270 g/mol. The Morgan fingerprint density at radius 2 is 1.90 bits per heavy atom. The lowest BCUT2D eigenvalue weighted by molar-refractivity contribution is 0.566. The molecule has 2 heterocycles. The molecule has 0 saturated heterocycles. The lowest BCUT2D eigenvalue weighted by atomic mass is 10.1. The molecular weight excluding hydrogens is 248 g/mol. The van der Waals surface area contributed by atoms with Gasteiger partial charge in [-0.15, -0.1) is 0 Å². The first-order valence-electron chi connectivity index (χ1n) is 7.83. The Kier molecular flexibility index (Phi) is 2.72. The van der Waals surface area contributed by atoms with Gasteiger partial charge in [0.1, 0.15) is 5.52 Å². The van der Waals surface area contributed by atoms with E-state index in [0.29, 0.717) is 12.0 Å². The molecule has 1 N–H and O–H groups in total. The van der Waals surface area contributed by atoms with E-state index < -0.39 is 0 Å². The van der Waals surface area contributed by atoms with Gasteiger partial charge < -0.3 is 5.32 Å². The summed E-state index contributed by atoms with van der Waals surface area (Å²) in [4.78, 5) is 4.57. The number of aromatic nitrogens is 3. The molecule has 2 aromatic rings. The summed E-state index contributed by atoms with van der Waals surface area (Å²) in [7, 11) is 0. The van der Waals surface area contributed by atoms with E-state index in [1.54, 1.807) is 0 Å². The fourth-order valence-electron chi connectivity index (χ4n) is 3.02. The number of rotatable bonds is 5. The second-order valence-electron chi connectivity index (χ2n) is 6.67. The molecule has 0 spiro atoms. The second-order valence-corrected chi connectivity index (χ2v) is 6.67. The van der Waals surface area contributed by atoms with Gasteiger partial charge in [-0.05, 0) is 49.5 Å². The monoisotopic (exact) mass is 270 g/mol.